The summed E-state index contributed by atoms with van der Waals surface area (Å²) in [5.74, 6) is 0.717. The van der Waals surface area contributed by atoms with Crippen LogP contribution in [0.1, 0.15) is 11.3 Å². The lowest BCUT2D eigenvalue weighted by Crippen LogP contribution is -2.15. The highest BCUT2D eigenvalue weighted by molar-refractivity contribution is 6.34. The van der Waals surface area contributed by atoms with Crippen molar-refractivity contribution in [2.24, 2.45) is 0 Å². The minimum absolute atomic E-state index is 0.130. The average molecular weight is 314 g/mol. The van der Waals surface area contributed by atoms with E-state index < -0.39 is 0 Å². The summed E-state index contributed by atoms with van der Waals surface area (Å²) >= 11 is 12.1. The monoisotopic (exact) mass is 313 g/mol. The fourth-order valence-electron chi connectivity index (χ4n) is 1.65. The summed E-state index contributed by atoms with van der Waals surface area (Å²) in [6.45, 7) is 1.77. The number of nitrogens with zero attached hydrogens (tertiary/aromatic N) is 1. The Morgan fingerprint density at radius 1 is 1.45 bits per heavy atom. The van der Waals surface area contributed by atoms with Crippen molar-refractivity contribution in [1.29, 1.82) is 0 Å². The van der Waals surface area contributed by atoms with Crippen LogP contribution in [0.25, 0.3) is 0 Å². The zero-order chi connectivity index (χ0) is 14.7. The summed E-state index contributed by atoms with van der Waals surface area (Å²) in [6, 6.07) is 5.16. The van der Waals surface area contributed by atoms with Crippen molar-refractivity contribution >= 4 is 34.9 Å². The Balaban J connectivity index is 2.06. The smallest absolute Gasteiger partial charge is 0.230 e. The number of hydrogen-bond acceptors (Lipinski definition) is 3. The van der Waals surface area contributed by atoms with Crippen LogP contribution in [0.15, 0.2) is 18.2 Å². The number of H-pyrrole nitrogens is 1. The molecule has 0 bridgehead atoms. The molecule has 0 saturated carbocycles. The molecule has 20 heavy (non-hydrogen) atoms. The number of benzene rings is 1. The summed E-state index contributed by atoms with van der Waals surface area (Å²) in [5.41, 5.74) is 1.40. The molecular formula is C13H13Cl2N3O2. The third kappa shape index (κ3) is 3.23. The molecule has 106 valence electrons. The van der Waals surface area contributed by atoms with Crippen LogP contribution in [0.2, 0.25) is 10.0 Å². The van der Waals surface area contributed by atoms with Crippen molar-refractivity contribution in [3.8, 4) is 5.75 Å². The number of aryl methyl sites for hydroxylation is 1. The molecule has 0 spiro atoms. The Morgan fingerprint density at radius 2 is 2.20 bits per heavy atom. The van der Waals surface area contributed by atoms with Crippen molar-refractivity contribution in [1.82, 2.24) is 10.2 Å². The number of rotatable bonds is 4. The number of ether oxygens (including phenoxy) is 1. The van der Waals surface area contributed by atoms with E-state index in [1.165, 1.54) is 0 Å². The second-order valence-corrected chi connectivity index (χ2v) is 4.98. The molecule has 1 aromatic carbocycles. The van der Waals surface area contributed by atoms with Crippen molar-refractivity contribution in [2.45, 2.75) is 13.3 Å². The fraction of sp³-hybridized carbons (Fsp3) is 0.231. The molecule has 2 N–H and O–H groups in total. The quantitative estimate of drug-likeness (QED) is 0.910. The van der Waals surface area contributed by atoms with E-state index in [0.29, 0.717) is 32.9 Å². The van der Waals surface area contributed by atoms with Gasteiger partial charge >= 0.3 is 0 Å². The van der Waals surface area contributed by atoms with E-state index in [2.05, 4.69) is 15.5 Å². The molecule has 0 radical (unpaired) electrons. The molecule has 2 aromatic rings. The van der Waals surface area contributed by atoms with E-state index in [-0.39, 0.29) is 12.3 Å². The van der Waals surface area contributed by atoms with E-state index >= 15 is 0 Å². The maximum absolute atomic E-state index is 11.9. The lowest BCUT2D eigenvalue weighted by molar-refractivity contribution is -0.115. The maximum atomic E-state index is 11.9. The minimum atomic E-state index is -0.245. The number of nitrogens with one attached hydrogen (secondary N) is 2. The molecule has 5 nitrogen and oxygen atoms in total. The number of methoxy groups -OCH3 is 1. The first kappa shape index (κ1) is 14.7. The molecule has 0 unspecified atom stereocenters. The molecule has 1 heterocycles. The van der Waals surface area contributed by atoms with E-state index in [1.54, 1.807) is 32.2 Å². The van der Waals surface area contributed by atoms with Gasteiger partial charge in [0.25, 0.3) is 0 Å². The topological polar surface area (TPSA) is 67.0 Å². The number of carbonyl (C=O) groups excluding carboxylic acids is 1. The zero-order valence-corrected chi connectivity index (χ0v) is 12.5. The van der Waals surface area contributed by atoms with Crippen molar-refractivity contribution in [3.63, 3.8) is 0 Å². The van der Waals surface area contributed by atoms with Crippen LogP contribution in [0.4, 0.5) is 5.82 Å². The fourth-order valence-corrected chi connectivity index (χ4v) is 2.02. The average Bonchev–Trinajstić information content (AvgIpc) is 2.73. The second kappa shape index (κ2) is 6.15. The van der Waals surface area contributed by atoms with Gasteiger partial charge < -0.3 is 10.1 Å². The van der Waals surface area contributed by atoms with Crippen LogP contribution in [-0.4, -0.2) is 23.2 Å². The second-order valence-electron chi connectivity index (χ2n) is 4.19. The molecular weight excluding hydrogens is 301 g/mol. The first-order valence-electron chi connectivity index (χ1n) is 5.84. The highest BCUT2D eigenvalue weighted by Crippen LogP contribution is 2.24. The van der Waals surface area contributed by atoms with Gasteiger partial charge in [0.15, 0.2) is 5.82 Å². The Labute approximate surface area is 126 Å². The van der Waals surface area contributed by atoms with Gasteiger partial charge in [-0.05, 0) is 24.6 Å². The van der Waals surface area contributed by atoms with Gasteiger partial charge in [-0.1, -0.05) is 29.3 Å². The van der Waals surface area contributed by atoms with Crippen LogP contribution in [-0.2, 0) is 11.2 Å². The van der Waals surface area contributed by atoms with Crippen LogP contribution in [0.3, 0.4) is 0 Å². The van der Waals surface area contributed by atoms with E-state index in [0.717, 1.165) is 0 Å². The molecule has 1 aromatic heterocycles. The first-order valence-corrected chi connectivity index (χ1v) is 6.59. The molecule has 0 aliphatic rings. The van der Waals surface area contributed by atoms with Crippen molar-refractivity contribution in [3.05, 3.63) is 39.5 Å². The standard InChI is InChI=1S/C13H13Cl2N3O2/c1-7-12(15)13(18-17-7)16-11(19)5-8-3-4-9(20-2)6-10(8)14/h3-4,6H,5H2,1-2H3,(H2,16,17,18,19). The molecule has 0 atom stereocenters. The first-order chi connectivity index (χ1) is 9.51. The van der Waals surface area contributed by atoms with Crippen molar-refractivity contribution < 1.29 is 9.53 Å². The Hall–Kier alpha value is -1.72. The predicted molar refractivity (Wildman–Crippen MR) is 78.7 cm³/mol. The van der Waals surface area contributed by atoms with Gasteiger partial charge in [-0.3, -0.25) is 9.89 Å². The van der Waals surface area contributed by atoms with Gasteiger partial charge in [0.05, 0.1) is 19.2 Å². The number of aromatic amines is 1. The number of halogens is 2. The molecule has 0 fully saturated rings. The van der Waals surface area contributed by atoms with Gasteiger partial charge in [-0.2, -0.15) is 5.10 Å². The summed E-state index contributed by atoms with van der Waals surface area (Å²) < 4.78 is 5.05. The normalized spacial score (nSPS) is 10.4. The molecule has 2 rings (SSSR count). The van der Waals surface area contributed by atoms with Crippen LogP contribution < -0.4 is 10.1 Å². The number of hydrogen-bond donors (Lipinski definition) is 2. The molecule has 1 amide bonds. The number of carbonyl (C=O) groups is 1. The molecule has 7 heteroatoms. The number of anilines is 1. The summed E-state index contributed by atoms with van der Waals surface area (Å²) in [7, 11) is 1.56. The van der Waals surface area contributed by atoms with Gasteiger partial charge in [0, 0.05) is 5.02 Å². The van der Waals surface area contributed by atoms with Gasteiger partial charge in [0.1, 0.15) is 10.8 Å². The molecule has 0 saturated heterocycles. The van der Waals surface area contributed by atoms with Crippen LogP contribution >= 0.6 is 23.2 Å². The Morgan fingerprint density at radius 3 is 2.75 bits per heavy atom. The SMILES string of the molecule is COc1ccc(CC(=O)Nc2n[nH]c(C)c2Cl)c(Cl)c1. The summed E-state index contributed by atoms with van der Waals surface area (Å²) in [6.07, 6.45) is 0.130. The van der Waals surface area contributed by atoms with Gasteiger partial charge in [-0.15, -0.1) is 0 Å². The number of amides is 1. The third-order valence-corrected chi connectivity index (χ3v) is 3.56. The summed E-state index contributed by atoms with van der Waals surface area (Å²) in [4.78, 5) is 11.9. The largest absolute Gasteiger partial charge is 0.497 e. The van der Waals surface area contributed by atoms with E-state index in [1.807, 2.05) is 0 Å². The third-order valence-electron chi connectivity index (χ3n) is 2.74. The number of aromatic nitrogens is 2. The van der Waals surface area contributed by atoms with Crippen molar-refractivity contribution in [2.75, 3.05) is 12.4 Å². The Bertz CT molecular complexity index is 641. The van der Waals surface area contributed by atoms with E-state index in [4.69, 9.17) is 27.9 Å². The van der Waals surface area contributed by atoms with Crippen LogP contribution in [0, 0.1) is 6.92 Å². The van der Waals surface area contributed by atoms with Gasteiger partial charge in [0.2, 0.25) is 5.91 Å². The minimum Gasteiger partial charge on any atom is -0.497 e. The lowest BCUT2D eigenvalue weighted by atomic mass is 10.1. The highest BCUT2D eigenvalue weighted by atomic mass is 35.5. The Kier molecular flexibility index (Phi) is 4.52. The maximum Gasteiger partial charge on any atom is 0.230 e. The predicted octanol–water partition coefficient (Wildman–Crippen LogP) is 3.21. The highest BCUT2D eigenvalue weighted by Gasteiger charge is 2.13. The van der Waals surface area contributed by atoms with Crippen LogP contribution in [0.5, 0.6) is 5.75 Å². The van der Waals surface area contributed by atoms with Gasteiger partial charge in [-0.25, -0.2) is 0 Å². The summed E-state index contributed by atoms with van der Waals surface area (Å²) in [5, 5.41) is 10.1. The molecule has 0 aliphatic carbocycles. The zero-order valence-electron chi connectivity index (χ0n) is 11.0. The van der Waals surface area contributed by atoms with E-state index in [9.17, 15) is 4.79 Å². The lowest BCUT2D eigenvalue weighted by Gasteiger charge is -2.07. The molecule has 0 aliphatic heterocycles.